The number of nitrogens with two attached hydrogens (primary N) is 1. The molecule has 1 aromatic carbocycles. The normalized spacial score (nSPS) is 10.2. The van der Waals surface area contributed by atoms with Gasteiger partial charge in [-0.15, -0.1) is 11.8 Å². The summed E-state index contributed by atoms with van der Waals surface area (Å²) >= 11 is 1.52. The van der Waals surface area contributed by atoms with Gasteiger partial charge in [0, 0.05) is 11.8 Å². The lowest BCUT2D eigenvalue weighted by molar-refractivity contribution is 0.168. The molecule has 0 aliphatic rings. The van der Waals surface area contributed by atoms with Crippen molar-refractivity contribution in [3.05, 3.63) is 35.9 Å². The predicted molar refractivity (Wildman–Crippen MR) is 98.4 cm³/mol. The molecular weight excluding hydrogens is 342 g/mol. The zero-order chi connectivity index (χ0) is 18.2. The number of carbonyl (C=O) groups is 1. The van der Waals surface area contributed by atoms with Crippen LogP contribution in [0.2, 0.25) is 0 Å². The van der Waals surface area contributed by atoms with E-state index in [2.05, 4.69) is 10.3 Å². The molecule has 0 radical (unpaired) electrons. The Balaban J connectivity index is 2.04. The first-order valence-electron chi connectivity index (χ1n) is 7.60. The van der Waals surface area contributed by atoms with Crippen LogP contribution >= 0.6 is 11.8 Å². The number of nitrogen functional groups attached to an aromatic ring is 1. The number of amides is 1. The molecule has 1 amide bonds. The van der Waals surface area contributed by atoms with E-state index < -0.39 is 6.09 Å². The van der Waals surface area contributed by atoms with E-state index in [1.54, 1.807) is 33.3 Å². The van der Waals surface area contributed by atoms with Crippen LogP contribution in [0.4, 0.5) is 16.3 Å². The van der Waals surface area contributed by atoms with Crippen LogP contribution in [0.3, 0.4) is 0 Å². The number of anilines is 2. The molecule has 7 nitrogen and oxygen atoms in total. The Hall–Kier alpha value is -2.61. The Bertz CT molecular complexity index is 718. The minimum atomic E-state index is -0.556. The molecule has 1 heterocycles. The Labute approximate surface area is 150 Å². The topological polar surface area (TPSA) is 95.7 Å². The maximum absolute atomic E-state index is 11.4. The quantitative estimate of drug-likeness (QED) is 0.726. The third-order valence-electron chi connectivity index (χ3n) is 3.21. The van der Waals surface area contributed by atoms with E-state index in [9.17, 15) is 4.79 Å². The number of hydrogen-bond donors (Lipinski definition) is 2. The van der Waals surface area contributed by atoms with Gasteiger partial charge in [-0.2, -0.15) is 0 Å². The van der Waals surface area contributed by atoms with Gasteiger partial charge in [0.05, 0.1) is 31.5 Å². The molecule has 0 bridgehead atoms. The first kappa shape index (κ1) is 18.7. The second kappa shape index (κ2) is 9.03. The van der Waals surface area contributed by atoms with Gasteiger partial charge in [-0.3, -0.25) is 5.32 Å². The molecule has 25 heavy (non-hydrogen) atoms. The summed E-state index contributed by atoms with van der Waals surface area (Å²) in [4.78, 5) is 15.7. The van der Waals surface area contributed by atoms with Crippen LogP contribution in [-0.4, -0.2) is 31.9 Å². The number of ether oxygens (including phenoxy) is 3. The van der Waals surface area contributed by atoms with Crippen LogP contribution in [0.1, 0.15) is 12.5 Å². The molecule has 0 atom stereocenters. The van der Waals surface area contributed by atoms with Crippen LogP contribution in [-0.2, 0) is 10.5 Å². The van der Waals surface area contributed by atoms with Gasteiger partial charge < -0.3 is 19.9 Å². The third-order valence-corrected chi connectivity index (χ3v) is 4.21. The number of hydrogen-bond acceptors (Lipinski definition) is 7. The van der Waals surface area contributed by atoms with E-state index in [0.717, 1.165) is 22.1 Å². The number of nitrogens with zero attached hydrogens (tertiary/aromatic N) is 1. The Morgan fingerprint density at radius 2 is 1.88 bits per heavy atom. The van der Waals surface area contributed by atoms with Gasteiger partial charge in [0.2, 0.25) is 0 Å². The van der Waals surface area contributed by atoms with Gasteiger partial charge in [0.15, 0.2) is 0 Å². The number of pyridine rings is 1. The molecule has 8 heteroatoms. The second-order valence-electron chi connectivity index (χ2n) is 4.94. The molecule has 0 spiro atoms. The van der Waals surface area contributed by atoms with Crippen molar-refractivity contribution in [2.45, 2.75) is 17.7 Å². The molecule has 0 saturated carbocycles. The van der Waals surface area contributed by atoms with Crippen LogP contribution in [0.15, 0.2) is 35.4 Å². The Kier molecular flexibility index (Phi) is 6.76. The summed E-state index contributed by atoms with van der Waals surface area (Å²) in [5, 5.41) is 3.30. The number of thioether (sulfide) groups is 1. The first-order chi connectivity index (χ1) is 12.0. The molecule has 2 aromatic rings. The standard InChI is InChI=1S/C17H21N3O4S/c1-4-24-17(21)19-14-5-6-15(20-16(14)18)25-10-11-7-12(22-2)9-13(8-11)23-3/h5-9H,4,10H2,1-3H3,(H2,18,20)(H,19,21). The van der Waals surface area contributed by atoms with E-state index in [0.29, 0.717) is 11.4 Å². The molecular formula is C17H21N3O4S. The lowest BCUT2D eigenvalue weighted by atomic mass is 10.2. The number of rotatable bonds is 7. The summed E-state index contributed by atoms with van der Waals surface area (Å²) in [6, 6.07) is 9.19. The summed E-state index contributed by atoms with van der Waals surface area (Å²) in [7, 11) is 3.23. The van der Waals surface area contributed by atoms with Crippen LogP contribution in [0.5, 0.6) is 11.5 Å². The summed E-state index contributed by atoms with van der Waals surface area (Å²) in [5.41, 5.74) is 7.35. The van der Waals surface area contributed by atoms with E-state index >= 15 is 0 Å². The lowest BCUT2D eigenvalue weighted by Crippen LogP contribution is -2.15. The van der Waals surface area contributed by atoms with Crippen molar-refractivity contribution >= 4 is 29.4 Å². The lowest BCUT2D eigenvalue weighted by Gasteiger charge is -2.10. The number of aromatic nitrogens is 1. The number of methoxy groups -OCH3 is 2. The smallest absolute Gasteiger partial charge is 0.411 e. The molecule has 0 saturated heterocycles. The highest BCUT2D eigenvalue weighted by molar-refractivity contribution is 7.98. The summed E-state index contributed by atoms with van der Waals surface area (Å²) in [6.07, 6.45) is -0.556. The molecule has 0 fully saturated rings. The van der Waals surface area contributed by atoms with Crippen molar-refractivity contribution in [1.29, 1.82) is 0 Å². The van der Waals surface area contributed by atoms with Gasteiger partial charge >= 0.3 is 6.09 Å². The van der Waals surface area contributed by atoms with E-state index in [-0.39, 0.29) is 12.4 Å². The van der Waals surface area contributed by atoms with E-state index in [1.165, 1.54) is 11.8 Å². The minimum Gasteiger partial charge on any atom is -0.497 e. The monoisotopic (exact) mass is 363 g/mol. The molecule has 1 aromatic heterocycles. The molecule has 2 rings (SSSR count). The SMILES string of the molecule is CCOC(=O)Nc1ccc(SCc2cc(OC)cc(OC)c2)nc1N. The van der Waals surface area contributed by atoms with Gasteiger partial charge in [-0.25, -0.2) is 9.78 Å². The minimum absolute atomic E-state index is 0.237. The first-order valence-corrected chi connectivity index (χ1v) is 8.59. The molecule has 0 aliphatic heterocycles. The van der Waals surface area contributed by atoms with Crippen molar-refractivity contribution in [2.75, 3.05) is 31.9 Å². The largest absolute Gasteiger partial charge is 0.497 e. The van der Waals surface area contributed by atoms with Gasteiger partial charge in [-0.05, 0) is 36.8 Å². The highest BCUT2D eigenvalue weighted by Gasteiger charge is 2.09. The van der Waals surface area contributed by atoms with Crippen LogP contribution in [0, 0.1) is 0 Å². The summed E-state index contributed by atoms with van der Waals surface area (Å²) < 4.78 is 15.3. The molecule has 134 valence electrons. The summed E-state index contributed by atoms with van der Waals surface area (Å²) in [6.45, 7) is 2.02. The van der Waals surface area contributed by atoms with Crippen molar-refractivity contribution in [2.24, 2.45) is 0 Å². The van der Waals surface area contributed by atoms with Gasteiger partial charge in [0.25, 0.3) is 0 Å². The number of carbonyl (C=O) groups excluding carboxylic acids is 1. The fourth-order valence-corrected chi connectivity index (χ4v) is 2.83. The highest BCUT2D eigenvalue weighted by atomic mass is 32.2. The maximum atomic E-state index is 11.4. The highest BCUT2D eigenvalue weighted by Crippen LogP contribution is 2.29. The molecule has 3 N–H and O–H groups in total. The van der Waals surface area contributed by atoms with Crippen molar-refractivity contribution in [1.82, 2.24) is 4.98 Å². The van der Waals surface area contributed by atoms with Gasteiger partial charge in [-0.1, -0.05) is 0 Å². The van der Waals surface area contributed by atoms with Crippen molar-refractivity contribution in [3.8, 4) is 11.5 Å². The fourth-order valence-electron chi connectivity index (χ4n) is 2.03. The maximum Gasteiger partial charge on any atom is 0.411 e. The zero-order valence-electron chi connectivity index (χ0n) is 14.4. The van der Waals surface area contributed by atoms with Crippen LogP contribution in [0.25, 0.3) is 0 Å². The average molecular weight is 363 g/mol. The summed E-state index contributed by atoms with van der Waals surface area (Å²) in [5.74, 6) is 2.37. The van der Waals surface area contributed by atoms with Crippen LogP contribution < -0.4 is 20.5 Å². The Morgan fingerprint density at radius 3 is 2.44 bits per heavy atom. The fraction of sp³-hybridized carbons (Fsp3) is 0.294. The average Bonchev–Trinajstić information content (AvgIpc) is 2.61. The second-order valence-corrected chi connectivity index (χ2v) is 5.93. The van der Waals surface area contributed by atoms with Crippen molar-refractivity contribution in [3.63, 3.8) is 0 Å². The Morgan fingerprint density at radius 1 is 1.20 bits per heavy atom. The zero-order valence-corrected chi connectivity index (χ0v) is 15.2. The number of benzene rings is 1. The van der Waals surface area contributed by atoms with E-state index in [1.807, 2.05) is 18.2 Å². The molecule has 0 unspecified atom stereocenters. The predicted octanol–water partition coefficient (Wildman–Crippen LogP) is 3.54. The third kappa shape index (κ3) is 5.46. The van der Waals surface area contributed by atoms with Crippen molar-refractivity contribution < 1.29 is 19.0 Å². The number of nitrogens with one attached hydrogen (secondary N) is 1. The van der Waals surface area contributed by atoms with Gasteiger partial charge in [0.1, 0.15) is 17.3 Å². The molecule has 0 aliphatic carbocycles. The van der Waals surface area contributed by atoms with E-state index in [4.69, 9.17) is 19.9 Å².